The van der Waals surface area contributed by atoms with E-state index in [1.165, 1.54) is 120 Å². The lowest BCUT2D eigenvalue weighted by molar-refractivity contribution is -0.0568. The van der Waals surface area contributed by atoms with Gasteiger partial charge in [0.15, 0.2) is 11.4 Å². The molecule has 14 nitrogen and oxygen atoms in total. The molecule has 0 spiro atoms. The SMILES string of the molecule is CCCCCCCCCCCCCCCCCCC[C@H](COCc1ccc(C#N)cc1F)OP(=O)(O)OC[C@H]1O[C@@](/C=N\C)(c2ccc3c(N)ncnn23)[C@H](O)[C@@H]1O. The predicted molar refractivity (Wildman–Crippen MR) is 221 cm³/mol. The summed E-state index contributed by atoms with van der Waals surface area (Å²) in [6.45, 7) is 1.37. The van der Waals surface area contributed by atoms with Crippen molar-refractivity contribution in [2.75, 3.05) is 26.0 Å². The number of aliphatic imine (C=N–C) groups is 1. The van der Waals surface area contributed by atoms with E-state index in [1.54, 1.807) is 12.1 Å². The summed E-state index contributed by atoms with van der Waals surface area (Å²) in [5, 5.41) is 35.6. The van der Waals surface area contributed by atoms with Crippen molar-refractivity contribution in [1.29, 1.82) is 5.26 Å². The number of rotatable bonds is 29. The third kappa shape index (κ3) is 14.2. The molecule has 322 valence electrons. The summed E-state index contributed by atoms with van der Waals surface area (Å²) in [6.07, 6.45) is 18.5. The van der Waals surface area contributed by atoms with Gasteiger partial charge in [0, 0.05) is 18.8 Å². The fraction of sp³-hybridized carbons (Fsp3) is 0.667. The van der Waals surface area contributed by atoms with Crippen LogP contribution in [-0.4, -0.2) is 80.6 Å². The Kier molecular flexibility index (Phi) is 20.2. The molecule has 1 fully saturated rings. The van der Waals surface area contributed by atoms with Crippen LogP contribution in [0.5, 0.6) is 0 Å². The highest BCUT2D eigenvalue weighted by molar-refractivity contribution is 7.47. The number of anilines is 1. The standard InChI is InChI=1S/C42H64FN6O8P/c1-3-4-5-6-7-8-9-10-11-12-13-14-15-16-17-18-19-20-34(28-54-27-33-22-21-32(26-44)25-35(33)43)57-58(52,53)55-29-37-39(50)40(51)42(56-37,30-46-2)38-24-23-36-41(45)47-31-48-49(36)38/h21-25,30-31,34,37,39-40,50-51H,3-20,27-29H2,1-2H3,(H,52,53)(H2,45,47,48)/b46-30-/t34-,37-,39-,40-,42+/m1/s1. The summed E-state index contributed by atoms with van der Waals surface area (Å²) >= 11 is 0. The summed E-state index contributed by atoms with van der Waals surface area (Å²) in [4.78, 5) is 18.9. The molecule has 6 atom stereocenters. The molecule has 3 heterocycles. The quantitative estimate of drug-likeness (QED) is 0.0297. The highest BCUT2D eigenvalue weighted by atomic mass is 31.2. The van der Waals surface area contributed by atoms with Gasteiger partial charge in [-0.05, 0) is 30.7 Å². The predicted octanol–water partition coefficient (Wildman–Crippen LogP) is 8.10. The molecular formula is C42H64FN6O8P. The second-order valence-corrected chi connectivity index (χ2v) is 16.7. The number of aliphatic hydroxyl groups is 2. The molecule has 0 aliphatic carbocycles. The maximum Gasteiger partial charge on any atom is 0.472 e. The largest absolute Gasteiger partial charge is 0.472 e. The van der Waals surface area contributed by atoms with Gasteiger partial charge in [-0.2, -0.15) is 10.4 Å². The highest BCUT2D eigenvalue weighted by Crippen LogP contribution is 2.47. The normalized spacial score (nSPS) is 21.2. The number of nitrogen functional groups attached to an aromatic ring is 1. The Morgan fingerprint density at radius 3 is 2.22 bits per heavy atom. The van der Waals surface area contributed by atoms with Crippen LogP contribution in [0.25, 0.3) is 5.52 Å². The molecule has 5 N–H and O–H groups in total. The average Bonchev–Trinajstić information content (AvgIpc) is 3.75. The number of fused-ring (bicyclic) bond motifs is 1. The molecule has 58 heavy (non-hydrogen) atoms. The molecule has 0 bridgehead atoms. The first-order chi connectivity index (χ1) is 28.0. The molecular weight excluding hydrogens is 766 g/mol. The molecule has 1 saturated heterocycles. The topological polar surface area (TPSA) is 207 Å². The first-order valence-electron chi connectivity index (χ1n) is 21.0. The number of phosphoric acid groups is 1. The lowest BCUT2D eigenvalue weighted by Crippen LogP contribution is -2.43. The van der Waals surface area contributed by atoms with E-state index in [-0.39, 0.29) is 30.2 Å². The molecule has 0 radical (unpaired) electrons. The van der Waals surface area contributed by atoms with Crippen molar-refractivity contribution >= 4 is 25.4 Å². The lowest BCUT2D eigenvalue weighted by Gasteiger charge is -2.28. The fourth-order valence-corrected chi connectivity index (χ4v) is 8.43. The fourth-order valence-electron chi connectivity index (χ4n) is 7.49. The average molecular weight is 831 g/mol. The van der Waals surface area contributed by atoms with Crippen molar-refractivity contribution in [1.82, 2.24) is 14.6 Å². The van der Waals surface area contributed by atoms with Crippen LogP contribution in [0.15, 0.2) is 41.7 Å². The smallest absolute Gasteiger partial charge is 0.387 e. The minimum absolute atomic E-state index is 0.129. The van der Waals surface area contributed by atoms with Crippen molar-refractivity contribution in [3.05, 3.63) is 59.3 Å². The second kappa shape index (κ2) is 24.7. The monoisotopic (exact) mass is 830 g/mol. The van der Waals surface area contributed by atoms with Gasteiger partial charge in [-0.25, -0.2) is 18.5 Å². The molecule has 0 saturated carbocycles. The second-order valence-electron chi connectivity index (χ2n) is 15.3. The number of benzene rings is 1. The van der Waals surface area contributed by atoms with Gasteiger partial charge in [0.2, 0.25) is 0 Å². The van der Waals surface area contributed by atoms with Gasteiger partial charge in [0.1, 0.15) is 36.0 Å². The Labute approximate surface area is 342 Å². The van der Waals surface area contributed by atoms with Gasteiger partial charge < -0.3 is 30.3 Å². The number of hydrogen-bond acceptors (Lipinski definition) is 12. The van der Waals surface area contributed by atoms with Crippen molar-refractivity contribution < 1.29 is 42.6 Å². The Balaban J connectivity index is 1.25. The van der Waals surface area contributed by atoms with Gasteiger partial charge >= 0.3 is 7.82 Å². The summed E-state index contributed by atoms with van der Waals surface area (Å²) in [6, 6.07) is 9.21. The number of nitrogens with zero attached hydrogens (tertiary/aromatic N) is 5. The Morgan fingerprint density at radius 2 is 1.64 bits per heavy atom. The zero-order valence-corrected chi connectivity index (χ0v) is 35.1. The first kappa shape index (κ1) is 47.4. The van der Waals surface area contributed by atoms with E-state index in [4.69, 9.17) is 29.5 Å². The van der Waals surface area contributed by atoms with Crippen molar-refractivity contribution in [3.8, 4) is 6.07 Å². The van der Waals surface area contributed by atoms with E-state index in [9.17, 15) is 24.1 Å². The van der Waals surface area contributed by atoms with E-state index >= 15 is 0 Å². The molecule has 1 unspecified atom stereocenters. The van der Waals surface area contributed by atoms with Gasteiger partial charge in [0.25, 0.3) is 0 Å². The molecule has 16 heteroatoms. The molecule has 4 rings (SSSR count). The van der Waals surface area contributed by atoms with Crippen LogP contribution in [-0.2, 0) is 35.3 Å². The summed E-state index contributed by atoms with van der Waals surface area (Å²) in [5.74, 6) is -0.405. The molecule has 2 aromatic heterocycles. The van der Waals surface area contributed by atoms with Crippen molar-refractivity contribution in [2.24, 2.45) is 4.99 Å². The molecule has 0 amide bonds. The number of hydrogen-bond donors (Lipinski definition) is 4. The zero-order valence-electron chi connectivity index (χ0n) is 34.2. The summed E-state index contributed by atoms with van der Waals surface area (Å²) in [5.41, 5.74) is 5.44. The number of phosphoric ester groups is 1. The van der Waals surface area contributed by atoms with Crippen LogP contribution in [0.4, 0.5) is 10.2 Å². The number of aliphatic hydroxyl groups excluding tert-OH is 2. The molecule has 1 aliphatic rings. The van der Waals surface area contributed by atoms with Gasteiger partial charge in [-0.15, -0.1) is 0 Å². The third-order valence-corrected chi connectivity index (χ3v) is 11.8. The minimum Gasteiger partial charge on any atom is -0.387 e. The first-order valence-corrected chi connectivity index (χ1v) is 22.5. The van der Waals surface area contributed by atoms with Crippen LogP contribution in [0.2, 0.25) is 0 Å². The molecule has 1 aromatic carbocycles. The van der Waals surface area contributed by atoms with Crippen LogP contribution in [0, 0.1) is 17.1 Å². The number of aromatic nitrogens is 3. The Morgan fingerprint density at radius 1 is 1.02 bits per heavy atom. The van der Waals surface area contributed by atoms with E-state index in [0.29, 0.717) is 24.1 Å². The number of ether oxygens (including phenoxy) is 2. The number of nitrogens with two attached hydrogens (primary N) is 1. The molecule has 3 aromatic rings. The van der Waals surface area contributed by atoms with Crippen LogP contribution < -0.4 is 5.73 Å². The maximum absolute atomic E-state index is 14.5. The van der Waals surface area contributed by atoms with E-state index in [2.05, 4.69) is 22.0 Å². The lowest BCUT2D eigenvalue weighted by atomic mass is 9.92. The summed E-state index contributed by atoms with van der Waals surface area (Å²) in [7, 11) is -3.30. The van der Waals surface area contributed by atoms with Gasteiger partial charge in [-0.1, -0.05) is 122 Å². The molecule has 1 aliphatic heterocycles. The zero-order chi connectivity index (χ0) is 41.8. The van der Waals surface area contributed by atoms with Crippen LogP contribution >= 0.6 is 7.82 Å². The van der Waals surface area contributed by atoms with E-state index < -0.39 is 50.3 Å². The Hall–Kier alpha value is -3.32. The number of nitriles is 1. The van der Waals surface area contributed by atoms with Crippen molar-refractivity contribution in [2.45, 2.75) is 159 Å². The third-order valence-electron chi connectivity index (χ3n) is 10.8. The number of unbranched alkanes of at least 4 members (excludes halogenated alkanes) is 16. The van der Waals surface area contributed by atoms with E-state index in [1.807, 2.05) is 6.07 Å². The summed E-state index contributed by atoms with van der Waals surface area (Å²) < 4.78 is 52.1. The van der Waals surface area contributed by atoms with Crippen molar-refractivity contribution in [3.63, 3.8) is 0 Å². The maximum atomic E-state index is 14.5. The van der Waals surface area contributed by atoms with Crippen LogP contribution in [0.3, 0.4) is 0 Å². The van der Waals surface area contributed by atoms with Gasteiger partial charge in [0.05, 0.1) is 43.3 Å². The minimum atomic E-state index is -4.77. The number of halogens is 1. The van der Waals surface area contributed by atoms with E-state index in [0.717, 1.165) is 25.3 Å². The van der Waals surface area contributed by atoms with Gasteiger partial charge in [-0.3, -0.25) is 14.0 Å². The highest BCUT2D eigenvalue weighted by Gasteiger charge is 2.56. The Bertz CT molecular complexity index is 1790. The van der Waals surface area contributed by atoms with Crippen LogP contribution in [0.1, 0.15) is 139 Å².